The van der Waals surface area contributed by atoms with Gasteiger partial charge in [0.15, 0.2) is 11.5 Å². The molecule has 0 aliphatic carbocycles. The van der Waals surface area contributed by atoms with Crippen LogP contribution in [0, 0.1) is 0 Å². The van der Waals surface area contributed by atoms with Crippen molar-refractivity contribution in [1.82, 2.24) is 14.9 Å². The van der Waals surface area contributed by atoms with Gasteiger partial charge in [-0.05, 0) is 13.1 Å². The third-order valence-electron chi connectivity index (χ3n) is 4.00. The van der Waals surface area contributed by atoms with Crippen molar-refractivity contribution in [3.05, 3.63) is 12.1 Å². The highest BCUT2D eigenvalue weighted by molar-refractivity contribution is 5.91. The molecule has 1 aromatic heterocycles. The minimum Gasteiger partial charge on any atom is -0.493 e. The fourth-order valence-corrected chi connectivity index (χ4v) is 2.61. The van der Waals surface area contributed by atoms with E-state index in [1.807, 2.05) is 12.1 Å². The molecule has 0 saturated carbocycles. The number of ether oxygens (including phenoxy) is 2. The number of nitrogens with zero attached hydrogens (tertiary/aromatic N) is 4. The van der Waals surface area contributed by atoms with Crippen LogP contribution in [0.4, 0.5) is 11.8 Å². The summed E-state index contributed by atoms with van der Waals surface area (Å²) in [4.78, 5) is 13.6. The zero-order valence-electron chi connectivity index (χ0n) is 14.0. The smallest absolute Gasteiger partial charge is 0.227 e. The molecule has 0 radical (unpaired) electrons. The molecule has 1 fully saturated rings. The lowest BCUT2D eigenvalue weighted by atomic mass is 10.2. The standard InChI is InChI=1S/C15H21N5O2.2ClH/c1-19-4-6-20(7-5-19)15-17-11-9-13(22-3)12(21-2)8-10(11)14(16)18-15;;/h8-9H,4-7H2,1-3H3,(H2,16,17,18);2*1H. The molecule has 9 heteroatoms. The van der Waals surface area contributed by atoms with Crippen LogP contribution in [0.5, 0.6) is 11.5 Å². The number of hydrogen-bond donors (Lipinski definition) is 1. The maximum absolute atomic E-state index is 6.12. The van der Waals surface area contributed by atoms with Crippen molar-refractivity contribution in [3.63, 3.8) is 0 Å². The maximum atomic E-state index is 6.12. The summed E-state index contributed by atoms with van der Waals surface area (Å²) in [5.41, 5.74) is 6.88. The zero-order valence-corrected chi connectivity index (χ0v) is 15.6. The van der Waals surface area contributed by atoms with Crippen molar-refractivity contribution in [1.29, 1.82) is 0 Å². The molecule has 24 heavy (non-hydrogen) atoms. The van der Waals surface area contributed by atoms with Crippen LogP contribution in [-0.4, -0.2) is 62.3 Å². The summed E-state index contributed by atoms with van der Waals surface area (Å²) in [7, 11) is 5.32. The zero-order chi connectivity index (χ0) is 15.7. The molecule has 2 aromatic rings. The fraction of sp³-hybridized carbons (Fsp3) is 0.467. The molecule has 2 heterocycles. The van der Waals surface area contributed by atoms with Gasteiger partial charge in [-0.15, -0.1) is 24.8 Å². The number of piperazine rings is 1. The summed E-state index contributed by atoms with van der Waals surface area (Å²) in [6, 6.07) is 3.66. The lowest BCUT2D eigenvalue weighted by Gasteiger charge is -2.32. The van der Waals surface area contributed by atoms with Crippen LogP contribution in [0.25, 0.3) is 10.9 Å². The van der Waals surface area contributed by atoms with Crippen molar-refractivity contribution in [2.75, 3.05) is 58.1 Å². The first-order valence-electron chi connectivity index (χ1n) is 7.25. The summed E-state index contributed by atoms with van der Waals surface area (Å²) in [5.74, 6) is 2.39. The molecule has 134 valence electrons. The van der Waals surface area contributed by atoms with Gasteiger partial charge in [0.2, 0.25) is 5.95 Å². The quantitative estimate of drug-likeness (QED) is 0.876. The third kappa shape index (κ3) is 3.85. The summed E-state index contributed by atoms with van der Waals surface area (Å²) >= 11 is 0. The Morgan fingerprint density at radius 1 is 0.958 bits per heavy atom. The molecule has 3 rings (SSSR count). The first kappa shape index (κ1) is 20.3. The number of nitrogen functional groups attached to an aromatic ring is 1. The van der Waals surface area contributed by atoms with E-state index in [0.717, 1.165) is 37.1 Å². The molecule has 1 saturated heterocycles. The molecule has 1 aromatic carbocycles. The molecular formula is C15H23Cl2N5O2. The second kappa shape index (κ2) is 8.41. The second-order valence-corrected chi connectivity index (χ2v) is 5.42. The van der Waals surface area contributed by atoms with Crippen LogP contribution in [0.2, 0.25) is 0 Å². The highest BCUT2D eigenvalue weighted by Crippen LogP contribution is 2.34. The van der Waals surface area contributed by atoms with Crippen molar-refractivity contribution in [3.8, 4) is 11.5 Å². The average molecular weight is 376 g/mol. The Kier molecular flexibility index (Phi) is 7.13. The van der Waals surface area contributed by atoms with Gasteiger partial charge < -0.3 is 25.0 Å². The molecule has 0 spiro atoms. The van der Waals surface area contributed by atoms with Crippen LogP contribution in [0.15, 0.2) is 12.1 Å². The van der Waals surface area contributed by atoms with Gasteiger partial charge in [-0.1, -0.05) is 0 Å². The summed E-state index contributed by atoms with van der Waals surface area (Å²) in [6.07, 6.45) is 0. The second-order valence-electron chi connectivity index (χ2n) is 5.42. The SMILES string of the molecule is COc1cc2nc(N3CCN(C)CC3)nc(N)c2cc1OC.Cl.Cl. The van der Waals surface area contributed by atoms with Crippen molar-refractivity contribution in [2.24, 2.45) is 0 Å². The van der Waals surface area contributed by atoms with Gasteiger partial charge in [0, 0.05) is 37.6 Å². The molecule has 0 unspecified atom stereocenters. The van der Waals surface area contributed by atoms with Gasteiger partial charge in [-0.3, -0.25) is 0 Å². The highest BCUT2D eigenvalue weighted by Gasteiger charge is 2.19. The Morgan fingerprint density at radius 2 is 1.54 bits per heavy atom. The van der Waals surface area contributed by atoms with E-state index in [4.69, 9.17) is 15.2 Å². The van der Waals surface area contributed by atoms with E-state index in [-0.39, 0.29) is 24.8 Å². The first-order chi connectivity index (χ1) is 10.6. The molecule has 0 bridgehead atoms. The van der Waals surface area contributed by atoms with Crippen LogP contribution in [0.3, 0.4) is 0 Å². The van der Waals surface area contributed by atoms with Gasteiger partial charge >= 0.3 is 0 Å². The summed E-state index contributed by atoms with van der Waals surface area (Å²) in [6.45, 7) is 3.78. The highest BCUT2D eigenvalue weighted by atomic mass is 35.5. The number of fused-ring (bicyclic) bond motifs is 1. The Hall–Kier alpha value is -1.70. The molecule has 1 aliphatic heterocycles. The maximum Gasteiger partial charge on any atom is 0.227 e. The molecule has 0 amide bonds. The number of aromatic nitrogens is 2. The van der Waals surface area contributed by atoms with E-state index in [0.29, 0.717) is 23.3 Å². The predicted molar refractivity (Wildman–Crippen MR) is 101 cm³/mol. The Labute approximate surface area is 153 Å². The predicted octanol–water partition coefficient (Wildman–Crippen LogP) is 1.82. The topological polar surface area (TPSA) is 76.7 Å². The molecule has 1 aliphatic rings. The van der Waals surface area contributed by atoms with E-state index >= 15 is 0 Å². The van der Waals surface area contributed by atoms with Crippen LogP contribution >= 0.6 is 24.8 Å². The number of anilines is 2. The van der Waals surface area contributed by atoms with Gasteiger partial charge in [0.05, 0.1) is 19.7 Å². The molecular weight excluding hydrogens is 353 g/mol. The molecule has 0 atom stereocenters. The number of hydrogen-bond acceptors (Lipinski definition) is 7. The van der Waals surface area contributed by atoms with Crippen molar-refractivity contribution >= 4 is 47.5 Å². The van der Waals surface area contributed by atoms with E-state index < -0.39 is 0 Å². The van der Waals surface area contributed by atoms with Gasteiger partial charge in [0.1, 0.15) is 5.82 Å². The van der Waals surface area contributed by atoms with E-state index in [1.54, 1.807) is 14.2 Å². The minimum absolute atomic E-state index is 0. The Morgan fingerprint density at radius 3 is 2.12 bits per heavy atom. The largest absolute Gasteiger partial charge is 0.493 e. The number of likely N-dealkylation sites (N-methyl/N-ethyl adjacent to an activating group) is 1. The third-order valence-corrected chi connectivity index (χ3v) is 4.00. The number of methoxy groups -OCH3 is 2. The fourth-order valence-electron chi connectivity index (χ4n) is 2.61. The lowest BCUT2D eigenvalue weighted by molar-refractivity contribution is 0.311. The van der Waals surface area contributed by atoms with E-state index in [1.165, 1.54) is 0 Å². The summed E-state index contributed by atoms with van der Waals surface area (Å²) in [5, 5.41) is 0.774. The van der Waals surface area contributed by atoms with Crippen molar-refractivity contribution < 1.29 is 9.47 Å². The Bertz CT molecular complexity index is 693. The van der Waals surface area contributed by atoms with Crippen LogP contribution in [-0.2, 0) is 0 Å². The number of rotatable bonds is 3. The Balaban J connectivity index is 0.00000144. The summed E-state index contributed by atoms with van der Waals surface area (Å²) < 4.78 is 10.6. The lowest BCUT2D eigenvalue weighted by Crippen LogP contribution is -2.45. The van der Waals surface area contributed by atoms with Gasteiger partial charge in [0.25, 0.3) is 0 Å². The van der Waals surface area contributed by atoms with Crippen LogP contribution in [0.1, 0.15) is 0 Å². The monoisotopic (exact) mass is 375 g/mol. The van der Waals surface area contributed by atoms with Crippen LogP contribution < -0.4 is 20.1 Å². The normalized spacial score (nSPS) is 14.7. The molecule has 2 N–H and O–H groups in total. The first-order valence-corrected chi connectivity index (χ1v) is 7.25. The van der Waals surface area contributed by atoms with E-state index in [9.17, 15) is 0 Å². The minimum atomic E-state index is 0. The number of nitrogens with two attached hydrogens (primary N) is 1. The number of benzene rings is 1. The van der Waals surface area contributed by atoms with Crippen molar-refractivity contribution in [2.45, 2.75) is 0 Å². The van der Waals surface area contributed by atoms with Gasteiger partial charge in [-0.2, -0.15) is 4.98 Å². The van der Waals surface area contributed by atoms with Gasteiger partial charge in [-0.25, -0.2) is 4.98 Å². The van der Waals surface area contributed by atoms with E-state index in [2.05, 4.69) is 26.8 Å². The molecule has 7 nitrogen and oxygen atoms in total. The average Bonchev–Trinajstić information content (AvgIpc) is 2.54. The number of halogens is 2.